The zero-order chi connectivity index (χ0) is 9.80. The fourth-order valence-corrected chi connectivity index (χ4v) is 1.79. The number of hydrogen-bond acceptors (Lipinski definition) is 4. The summed E-state index contributed by atoms with van der Waals surface area (Å²) < 4.78 is 10.5. The van der Waals surface area contributed by atoms with E-state index in [1.54, 1.807) is 12.5 Å². The van der Waals surface area contributed by atoms with Gasteiger partial charge in [-0.3, -0.25) is 0 Å². The van der Waals surface area contributed by atoms with E-state index in [2.05, 4.69) is 4.98 Å². The van der Waals surface area contributed by atoms with E-state index in [-0.39, 0.29) is 0 Å². The molecule has 0 aliphatic heterocycles. The smallest absolute Gasteiger partial charge is 0.273 e. The molecule has 0 saturated carbocycles. The quantitative estimate of drug-likeness (QED) is 0.756. The number of thiazole rings is 1. The van der Waals surface area contributed by atoms with Crippen molar-refractivity contribution in [2.45, 2.75) is 12.5 Å². The van der Waals surface area contributed by atoms with Crippen molar-refractivity contribution in [2.24, 2.45) is 0 Å². The van der Waals surface area contributed by atoms with Crippen LogP contribution in [0.25, 0.3) is 0 Å². The molecule has 2 aromatic rings. The van der Waals surface area contributed by atoms with E-state index in [4.69, 9.17) is 20.8 Å². The molecule has 0 unspecified atom stereocenters. The maximum Gasteiger partial charge on any atom is 0.273 e. The van der Waals surface area contributed by atoms with Crippen LogP contribution < -0.4 is 4.74 Å². The molecule has 0 radical (unpaired) electrons. The van der Waals surface area contributed by atoms with Gasteiger partial charge in [0, 0.05) is 11.1 Å². The molecule has 0 bridgehead atoms. The van der Waals surface area contributed by atoms with Crippen LogP contribution >= 0.6 is 22.9 Å². The Morgan fingerprint density at radius 1 is 1.57 bits per heavy atom. The number of rotatable bonds is 4. The molecule has 0 N–H and O–H groups in total. The lowest BCUT2D eigenvalue weighted by atomic mass is 10.5. The van der Waals surface area contributed by atoms with Crippen molar-refractivity contribution >= 4 is 22.9 Å². The van der Waals surface area contributed by atoms with Crippen LogP contribution in [0.4, 0.5) is 0 Å². The van der Waals surface area contributed by atoms with Gasteiger partial charge in [-0.05, 0) is 12.1 Å². The number of alkyl halides is 1. The standard InChI is InChI=1S/C9H8ClNO2S/c10-4-8-5-11-9(14-8)13-6-7-2-1-3-12-7/h1-3,5H,4,6H2. The van der Waals surface area contributed by atoms with Crippen LogP contribution in [0, 0.1) is 0 Å². The number of halogens is 1. The lowest BCUT2D eigenvalue weighted by Crippen LogP contribution is -1.92. The highest BCUT2D eigenvalue weighted by Gasteiger charge is 2.03. The molecule has 0 saturated heterocycles. The van der Waals surface area contributed by atoms with E-state index in [1.807, 2.05) is 12.1 Å². The van der Waals surface area contributed by atoms with Crippen LogP contribution in [0.15, 0.2) is 29.0 Å². The molecule has 3 nitrogen and oxygen atoms in total. The minimum absolute atomic E-state index is 0.405. The van der Waals surface area contributed by atoms with Crippen molar-refractivity contribution in [3.63, 3.8) is 0 Å². The summed E-state index contributed by atoms with van der Waals surface area (Å²) in [6.07, 6.45) is 3.33. The van der Waals surface area contributed by atoms with Gasteiger partial charge in [0.25, 0.3) is 5.19 Å². The molecule has 2 aromatic heterocycles. The maximum atomic E-state index is 5.64. The van der Waals surface area contributed by atoms with Gasteiger partial charge in [0.1, 0.15) is 12.4 Å². The van der Waals surface area contributed by atoms with Crippen LogP contribution in [0.1, 0.15) is 10.6 Å². The number of aromatic nitrogens is 1. The number of ether oxygens (including phenoxy) is 1. The van der Waals surface area contributed by atoms with Crippen molar-refractivity contribution in [3.05, 3.63) is 35.2 Å². The lowest BCUT2D eigenvalue weighted by molar-refractivity contribution is 0.269. The van der Waals surface area contributed by atoms with Crippen molar-refractivity contribution in [1.29, 1.82) is 0 Å². The Balaban J connectivity index is 1.92. The molecule has 0 atom stereocenters. The zero-order valence-corrected chi connectivity index (χ0v) is 8.85. The maximum absolute atomic E-state index is 5.64. The molecule has 0 aliphatic rings. The highest BCUT2D eigenvalue weighted by molar-refractivity contribution is 7.13. The van der Waals surface area contributed by atoms with Crippen molar-refractivity contribution in [3.8, 4) is 5.19 Å². The average Bonchev–Trinajstić information content (AvgIpc) is 2.86. The first-order valence-corrected chi connectivity index (χ1v) is 5.39. The molecule has 0 aliphatic carbocycles. The van der Waals surface area contributed by atoms with E-state index in [0.29, 0.717) is 17.7 Å². The van der Waals surface area contributed by atoms with Crippen LogP contribution in [0.2, 0.25) is 0 Å². The second-order valence-corrected chi connectivity index (χ2v) is 3.94. The molecule has 5 heteroatoms. The highest BCUT2D eigenvalue weighted by Crippen LogP contribution is 2.22. The number of furan rings is 1. The van der Waals surface area contributed by atoms with Crippen molar-refractivity contribution in [2.75, 3.05) is 0 Å². The Hall–Kier alpha value is -1.00. The van der Waals surface area contributed by atoms with Crippen LogP contribution in [-0.4, -0.2) is 4.98 Å². The van der Waals surface area contributed by atoms with Crippen LogP contribution in [0.3, 0.4) is 0 Å². The summed E-state index contributed by atoms with van der Waals surface area (Å²) in [5.41, 5.74) is 0. The highest BCUT2D eigenvalue weighted by atomic mass is 35.5. The van der Waals surface area contributed by atoms with Gasteiger partial charge in [0.05, 0.1) is 12.1 Å². The van der Waals surface area contributed by atoms with Crippen LogP contribution in [0.5, 0.6) is 5.19 Å². The van der Waals surface area contributed by atoms with E-state index in [9.17, 15) is 0 Å². The van der Waals surface area contributed by atoms with Gasteiger partial charge >= 0.3 is 0 Å². The summed E-state index contributed by atoms with van der Waals surface area (Å²) in [6.45, 7) is 0.405. The zero-order valence-electron chi connectivity index (χ0n) is 7.27. The Morgan fingerprint density at radius 2 is 2.50 bits per heavy atom. The summed E-state index contributed by atoms with van der Waals surface area (Å²) >= 11 is 7.08. The molecular weight excluding hydrogens is 222 g/mol. The molecule has 14 heavy (non-hydrogen) atoms. The van der Waals surface area contributed by atoms with Crippen LogP contribution in [-0.2, 0) is 12.5 Å². The van der Waals surface area contributed by atoms with Crippen molar-refractivity contribution < 1.29 is 9.15 Å². The number of hydrogen-bond donors (Lipinski definition) is 0. The van der Waals surface area contributed by atoms with Gasteiger partial charge in [-0.25, -0.2) is 4.98 Å². The SMILES string of the molecule is ClCc1cnc(OCc2ccco2)s1. The van der Waals surface area contributed by atoms with Gasteiger partial charge in [-0.2, -0.15) is 0 Å². The third-order valence-electron chi connectivity index (χ3n) is 1.58. The average molecular weight is 230 g/mol. The van der Waals surface area contributed by atoms with Crippen molar-refractivity contribution in [1.82, 2.24) is 4.98 Å². The fraction of sp³-hybridized carbons (Fsp3) is 0.222. The van der Waals surface area contributed by atoms with E-state index in [0.717, 1.165) is 10.6 Å². The first kappa shape index (κ1) is 9.55. The summed E-state index contributed by atoms with van der Waals surface area (Å²) in [7, 11) is 0. The summed E-state index contributed by atoms with van der Waals surface area (Å²) in [6, 6.07) is 3.68. The monoisotopic (exact) mass is 229 g/mol. The van der Waals surface area contributed by atoms with Gasteiger partial charge in [-0.15, -0.1) is 11.6 Å². The lowest BCUT2D eigenvalue weighted by Gasteiger charge is -1.97. The molecule has 2 heterocycles. The second kappa shape index (κ2) is 4.48. The topological polar surface area (TPSA) is 35.3 Å². The Morgan fingerprint density at radius 3 is 3.14 bits per heavy atom. The molecule has 0 fully saturated rings. The van der Waals surface area contributed by atoms with Gasteiger partial charge in [-0.1, -0.05) is 11.3 Å². The molecule has 74 valence electrons. The number of nitrogens with zero attached hydrogens (tertiary/aromatic N) is 1. The third kappa shape index (κ3) is 2.27. The summed E-state index contributed by atoms with van der Waals surface area (Å²) in [4.78, 5) is 5.06. The fourth-order valence-electron chi connectivity index (χ4n) is 0.946. The first-order valence-electron chi connectivity index (χ1n) is 4.04. The Kier molecular flexibility index (Phi) is 3.06. The molecule has 0 aromatic carbocycles. The third-order valence-corrected chi connectivity index (χ3v) is 2.94. The van der Waals surface area contributed by atoms with E-state index >= 15 is 0 Å². The summed E-state index contributed by atoms with van der Waals surface area (Å²) in [5.74, 6) is 1.26. The molecule has 0 spiro atoms. The first-order chi connectivity index (χ1) is 6.88. The summed E-state index contributed by atoms with van der Waals surface area (Å²) in [5, 5.41) is 0.622. The molecular formula is C9H8ClNO2S. The Labute approximate surface area is 90.3 Å². The molecule has 0 amide bonds. The second-order valence-electron chi connectivity index (χ2n) is 2.59. The van der Waals surface area contributed by atoms with Gasteiger partial charge < -0.3 is 9.15 Å². The predicted molar refractivity (Wildman–Crippen MR) is 54.7 cm³/mol. The van der Waals surface area contributed by atoms with Gasteiger partial charge in [0.15, 0.2) is 0 Å². The molecule has 2 rings (SSSR count). The minimum Gasteiger partial charge on any atom is -0.466 e. The normalized spacial score (nSPS) is 10.4. The van der Waals surface area contributed by atoms with E-state index in [1.165, 1.54) is 11.3 Å². The van der Waals surface area contributed by atoms with E-state index < -0.39 is 0 Å². The Bertz CT molecular complexity index is 385. The minimum atomic E-state index is 0.405. The predicted octanol–water partition coefficient (Wildman–Crippen LogP) is 3.05. The van der Waals surface area contributed by atoms with Gasteiger partial charge in [0.2, 0.25) is 0 Å². The largest absolute Gasteiger partial charge is 0.466 e.